The van der Waals surface area contributed by atoms with E-state index >= 15 is 0 Å². The minimum atomic E-state index is -0.498. The van der Waals surface area contributed by atoms with Crippen molar-refractivity contribution in [3.63, 3.8) is 0 Å². The van der Waals surface area contributed by atoms with Crippen molar-refractivity contribution in [1.29, 1.82) is 0 Å². The van der Waals surface area contributed by atoms with Crippen molar-refractivity contribution in [1.82, 2.24) is 9.80 Å². The topological polar surface area (TPSA) is 49.9 Å². The second-order valence-electron chi connectivity index (χ2n) is 5.21. The fraction of sp³-hybridized carbons (Fsp3) is 0.467. The third-order valence-electron chi connectivity index (χ3n) is 3.83. The largest absolute Gasteiger partial charge is 0.494 e. The van der Waals surface area contributed by atoms with E-state index in [1.165, 1.54) is 24.1 Å². The van der Waals surface area contributed by atoms with Gasteiger partial charge in [-0.2, -0.15) is 0 Å². The molecule has 0 spiro atoms. The van der Waals surface area contributed by atoms with Gasteiger partial charge in [-0.15, -0.1) is 0 Å². The van der Waals surface area contributed by atoms with Gasteiger partial charge in [0.1, 0.15) is 6.04 Å². The van der Waals surface area contributed by atoms with E-state index in [2.05, 4.69) is 0 Å². The van der Waals surface area contributed by atoms with E-state index in [0.29, 0.717) is 18.5 Å². The molecule has 114 valence electrons. The Balaban J connectivity index is 2.04. The molecule has 2 amide bonds. The SMILES string of the molecule is COc1ccc(CC(=O)N(C)C2CCN(C)C2=O)cc1F. The van der Waals surface area contributed by atoms with Crippen molar-refractivity contribution in [3.8, 4) is 5.75 Å². The molecule has 2 rings (SSSR count). The quantitative estimate of drug-likeness (QED) is 0.834. The Hall–Kier alpha value is -2.11. The molecule has 1 aliphatic rings. The maximum absolute atomic E-state index is 13.6. The Morgan fingerprint density at radius 2 is 2.24 bits per heavy atom. The van der Waals surface area contributed by atoms with E-state index in [0.717, 1.165) is 0 Å². The summed E-state index contributed by atoms with van der Waals surface area (Å²) in [5, 5.41) is 0. The number of ether oxygens (including phenoxy) is 1. The highest BCUT2D eigenvalue weighted by Gasteiger charge is 2.34. The molecule has 1 atom stereocenters. The lowest BCUT2D eigenvalue weighted by atomic mass is 10.1. The van der Waals surface area contributed by atoms with Crippen LogP contribution < -0.4 is 4.74 Å². The fourth-order valence-corrected chi connectivity index (χ4v) is 2.46. The molecule has 1 heterocycles. The van der Waals surface area contributed by atoms with Crippen LogP contribution in [0.1, 0.15) is 12.0 Å². The Labute approximate surface area is 123 Å². The van der Waals surface area contributed by atoms with Gasteiger partial charge in [-0.25, -0.2) is 4.39 Å². The van der Waals surface area contributed by atoms with Crippen LogP contribution in [0.4, 0.5) is 4.39 Å². The van der Waals surface area contributed by atoms with Gasteiger partial charge in [-0.1, -0.05) is 6.07 Å². The van der Waals surface area contributed by atoms with Crippen molar-refractivity contribution in [3.05, 3.63) is 29.6 Å². The van der Waals surface area contributed by atoms with Crippen LogP contribution in [-0.4, -0.2) is 55.4 Å². The molecule has 1 fully saturated rings. The number of carbonyl (C=O) groups is 2. The molecular weight excluding hydrogens is 275 g/mol. The van der Waals surface area contributed by atoms with Crippen LogP contribution in [0.25, 0.3) is 0 Å². The van der Waals surface area contributed by atoms with E-state index in [-0.39, 0.29) is 24.0 Å². The molecule has 21 heavy (non-hydrogen) atoms. The molecule has 1 aromatic rings. The normalized spacial score (nSPS) is 18.0. The van der Waals surface area contributed by atoms with Gasteiger partial charge in [-0.3, -0.25) is 9.59 Å². The minimum absolute atomic E-state index is 0.0493. The first-order valence-corrected chi connectivity index (χ1v) is 6.77. The second kappa shape index (κ2) is 6.11. The van der Waals surface area contributed by atoms with Crippen molar-refractivity contribution >= 4 is 11.8 Å². The molecule has 0 bridgehead atoms. The molecule has 6 heteroatoms. The lowest BCUT2D eigenvalue weighted by Crippen LogP contribution is -2.42. The number of hydrogen-bond donors (Lipinski definition) is 0. The summed E-state index contributed by atoms with van der Waals surface area (Å²) in [7, 11) is 4.72. The third-order valence-corrected chi connectivity index (χ3v) is 3.83. The average Bonchev–Trinajstić information content (AvgIpc) is 2.78. The number of benzene rings is 1. The lowest BCUT2D eigenvalue weighted by molar-refractivity contribution is -0.139. The predicted octanol–water partition coefficient (Wildman–Crippen LogP) is 1.07. The van der Waals surface area contributed by atoms with Gasteiger partial charge in [0, 0.05) is 20.6 Å². The maximum Gasteiger partial charge on any atom is 0.245 e. The predicted molar refractivity (Wildman–Crippen MR) is 75.5 cm³/mol. The summed E-state index contributed by atoms with van der Waals surface area (Å²) in [4.78, 5) is 27.2. The van der Waals surface area contributed by atoms with Crippen LogP contribution in [0.5, 0.6) is 5.75 Å². The highest BCUT2D eigenvalue weighted by Crippen LogP contribution is 2.19. The Morgan fingerprint density at radius 1 is 1.52 bits per heavy atom. The highest BCUT2D eigenvalue weighted by atomic mass is 19.1. The van der Waals surface area contributed by atoms with E-state index in [1.54, 1.807) is 25.1 Å². The molecule has 1 aliphatic heterocycles. The van der Waals surface area contributed by atoms with E-state index in [1.807, 2.05) is 0 Å². The molecule has 0 aliphatic carbocycles. The van der Waals surface area contributed by atoms with Crippen LogP contribution in [0.2, 0.25) is 0 Å². The van der Waals surface area contributed by atoms with Gasteiger partial charge < -0.3 is 14.5 Å². The first kappa shape index (κ1) is 15.3. The average molecular weight is 294 g/mol. The van der Waals surface area contributed by atoms with Gasteiger partial charge in [-0.05, 0) is 24.1 Å². The summed E-state index contributed by atoms with van der Waals surface area (Å²) in [5.41, 5.74) is 0.559. The van der Waals surface area contributed by atoms with Gasteiger partial charge in [0.15, 0.2) is 11.6 Å². The van der Waals surface area contributed by atoms with Gasteiger partial charge in [0.25, 0.3) is 0 Å². The molecule has 0 saturated carbocycles. The highest BCUT2D eigenvalue weighted by molar-refractivity contribution is 5.89. The second-order valence-corrected chi connectivity index (χ2v) is 5.21. The zero-order valence-electron chi connectivity index (χ0n) is 12.4. The third kappa shape index (κ3) is 3.15. The van der Waals surface area contributed by atoms with Crippen LogP contribution in [-0.2, 0) is 16.0 Å². The van der Waals surface area contributed by atoms with Gasteiger partial charge >= 0.3 is 0 Å². The van der Waals surface area contributed by atoms with Gasteiger partial charge in [0.2, 0.25) is 11.8 Å². The smallest absolute Gasteiger partial charge is 0.245 e. The number of likely N-dealkylation sites (tertiary alicyclic amines) is 1. The summed E-state index contributed by atoms with van der Waals surface area (Å²) in [6.45, 7) is 0.651. The Morgan fingerprint density at radius 3 is 2.76 bits per heavy atom. The van der Waals surface area contributed by atoms with E-state index in [9.17, 15) is 14.0 Å². The minimum Gasteiger partial charge on any atom is -0.494 e. The molecule has 0 aromatic heterocycles. The van der Waals surface area contributed by atoms with Crippen molar-refractivity contribution in [2.45, 2.75) is 18.9 Å². The first-order valence-electron chi connectivity index (χ1n) is 6.77. The van der Waals surface area contributed by atoms with Crippen LogP contribution >= 0.6 is 0 Å². The van der Waals surface area contributed by atoms with Gasteiger partial charge in [0.05, 0.1) is 13.5 Å². The number of halogens is 1. The van der Waals surface area contributed by atoms with Crippen LogP contribution in [0.15, 0.2) is 18.2 Å². The van der Waals surface area contributed by atoms with Crippen molar-refractivity contribution in [2.75, 3.05) is 27.7 Å². The van der Waals surface area contributed by atoms with Crippen LogP contribution in [0, 0.1) is 5.82 Å². The molecular formula is C15H19FN2O3. The maximum atomic E-state index is 13.6. The fourth-order valence-electron chi connectivity index (χ4n) is 2.46. The summed E-state index contributed by atoms with van der Waals surface area (Å²) in [5.74, 6) is -0.603. The number of hydrogen-bond acceptors (Lipinski definition) is 3. The molecule has 0 N–H and O–H groups in total. The van der Waals surface area contributed by atoms with E-state index in [4.69, 9.17) is 4.74 Å². The molecule has 1 unspecified atom stereocenters. The Kier molecular flexibility index (Phi) is 4.45. The number of amides is 2. The molecule has 1 saturated heterocycles. The summed E-state index contributed by atoms with van der Waals surface area (Å²) in [6, 6.07) is 4.01. The number of nitrogens with zero attached hydrogens (tertiary/aromatic N) is 2. The summed E-state index contributed by atoms with van der Waals surface area (Å²) >= 11 is 0. The zero-order valence-corrected chi connectivity index (χ0v) is 12.4. The standard InChI is InChI=1S/C15H19FN2O3/c1-17-7-6-12(15(17)20)18(2)14(19)9-10-4-5-13(21-3)11(16)8-10/h4-5,8,12H,6-7,9H2,1-3H3. The molecule has 1 aromatic carbocycles. The monoisotopic (exact) mass is 294 g/mol. The summed E-state index contributed by atoms with van der Waals surface area (Å²) < 4.78 is 18.4. The molecule has 0 radical (unpaired) electrons. The van der Waals surface area contributed by atoms with Crippen LogP contribution in [0.3, 0.4) is 0 Å². The number of likely N-dealkylation sites (N-methyl/N-ethyl adjacent to an activating group) is 2. The summed E-state index contributed by atoms with van der Waals surface area (Å²) in [6.07, 6.45) is 0.694. The first-order chi connectivity index (χ1) is 9.93. The number of carbonyl (C=O) groups excluding carboxylic acids is 2. The molecule has 5 nitrogen and oxygen atoms in total. The van der Waals surface area contributed by atoms with E-state index < -0.39 is 11.9 Å². The van der Waals surface area contributed by atoms with Crippen molar-refractivity contribution in [2.24, 2.45) is 0 Å². The number of rotatable bonds is 4. The Bertz CT molecular complexity index is 562. The zero-order chi connectivity index (χ0) is 15.6. The van der Waals surface area contributed by atoms with Crippen molar-refractivity contribution < 1.29 is 18.7 Å². The number of methoxy groups -OCH3 is 1. The lowest BCUT2D eigenvalue weighted by Gasteiger charge is -2.23.